The molecule has 0 saturated carbocycles. The molecule has 1 aliphatic rings. The molecule has 1 aromatic carbocycles. The lowest BCUT2D eigenvalue weighted by Crippen LogP contribution is -2.46. The summed E-state index contributed by atoms with van der Waals surface area (Å²) in [6.45, 7) is 8.10. The van der Waals surface area contributed by atoms with Crippen molar-refractivity contribution in [1.29, 1.82) is 0 Å². The molecule has 0 radical (unpaired) electrons. The summed E-state index contributed by atoms with van der Waals surface area (Å²) < 4.78 is 25.9. The van der Waals surface area contributed by atoms with Gasteiger partial charge >= 0.3 is 0 Å². The smallest absolute Gasteiger partial charge is 0.209 e. The minimum Gasteiger partial charge on any atom is -0.493 e. The van der Waals surface area contributed by atoms with E-state index in [1.165, 1.54) is 0 Å². The molecule has 0 amide bonds. The minimum atomic E-state index is -0.318. The summed E-state index contributed by atoms with van der Waals surface area (Å²) in [6, 6.07) is 5.57. The van der Waals surface area contributed by atoms with E-state index in [1.807, 2.05) is 6.07 Å². The van der Waals surface area contributed by atoms with Gasteiger partial charge in [0.15, 0.2) is 11.5 Å². The largest absolute Gasteiger partial charge is 0.493 e. The molecule has 1 N–H and O–H groups in total. The van der Waals surface area contributed by atoms with E-state index in [-0.39, 0.29) is 11.6 Å². The van der Waals surface area contributed by atoms with Gasteiger partial charge in [-0.05, 0) is 35.2 Å². The van der Waals surface area contributed by atoms with Gasteiger partial charge in [0.25, 0.3) is 0 Å². The molecule has 3 aromatic rings. The number of nitrogens with one attached hydrogen (secondary N) is 1. The van der Waals surface area contributed by atoms with Crippen molar-refractivity contribution in [1.82, 2.24) is 30.5 Å². The van der Waals surface area contributed by atoms with E-state index in [9.17, 15) is 0 Å². The van der Waals surface area contributed by atoms with Crippen LogP contribution in [0.3, 0.4) is 0 Å². The molecule has 4 rings (SSSR count). The van der Waals surface area contributed by atoms with E-state index >= 15 is 4.39 Å². The third-order valence-corrected chi connectivity index (χ3v) is 5.77. The Morgan fingerprint density at radius 2 is 1.82 bits per heavy atom. The lowest BCUT2D eigenvalue weighted by atomic mass is 9.98. The van der Waals surface area contributed by atoms with Gasteiger partial charge in [-0.25, -0.2) is 4.39 Å². The Morgan fingerprint density at radius 3 is 2.45 bits per heavy atom. The van der Waals surface area contributed by atoms with Crippen LogP contribution < -0.4 is 14.4 Å². The number of H-pyrrole nitrogens is 1. The normalized spacial score (nSPS) is 14.7. The van der Waals surface area contributed by atoms with Gasteiger partial charge in [-0.1, -0.05) is 13.8 Å². The number of aromatic amines is 1. The number of pyridine rings is 1. The van der Waals surface area contributed by atoms with E-state index in [0.29, 0.717) is 29.5 Å². The number of tetrazole rings is 1. The standard InChI is InChI=1S/C23H30FN7O2/c1-15(2)9-16-10-18(24)22(23-26-28-29-27-23)19(11-16)31-7-5-30(6-8-31)14-17-12-20(32-3)21(33-4)13-25-17/h10-13,15H,5-9,14H2,1-4H3,(H,26,27,28,29). The molecule has 0 aliphatic carbocycles. The number of methoxy groups -OCH3 is 2. The van der Waals surface area contributed by atoms with Crippen molar-refractivity contribution in [3.05, 3.63) is 41.5 Å². The van der Waals surface area contributed by atoms with Crippen LogP contribution in [-0.4, -0.2) is 70.9 Å². The van der Waals surface area contributed by atoms with Gasteiger partial charge in [-0.15, -0.1) is 10.2 Å². The quantitative estimate of drug-likeness (QED) is 0.554. The molecule has 33 heavy (non-hydrogen) atoms. The molecule has 1 aliphatic heterocycles. The molecule has 0 spiro atoms. The zero-order chi connectivity index (χ0) is 23.4. The molecule has 0 bridgehead atoms. The highest BCUT2D eigenvalue weighted by molar-refractivity contribution is 5.75. The molecular formula is C23H30FN7O2. The second-order valence-electron chi connectivity index (χ2n) is 8.60. The number of aromatic nitrogens is 5. The molecule has 0 unspecified atom stereocenters. The number of hydrogen-bond donors (Lipinski definition) is 1. The fourth-order valence-electron chi connectivity index (χ4n) is 4.21. The summed E-state index contributed by atoms with van der Waals surface area (Å²) in [5, 5.41) is 14.1. The second kappa shape index (κ2) is 10.1. The number of halogens is 1. The summed E-state index contributed by atoms with van der Waals surface area (Å²) in [6.07, 6.45) is 2.49. The number of ether oxygens (including phenoxy) is 2. The zero-order valence-corrected chi connectivity index (χ0v) is 19.5. The Kier molecular flexibility index (Phi) is 7.02. The van der Waals surface area contributed by atoms with Crippen molar-refractivity contribution in [2.24, 2.45) is 5.92 Å². The van der Waals surface area contributed by atoms with Crippen molar-refractivity contribution >= 4 is 5.69 Å². The second-order valence-corrected chi connectivity index (χ2v) is 8.60. The number of nitrogens with zero attached hydrogens (tertiary/aromatic N) is 6. The summed E-state index contributed by atoms with van der Waals surface area (Å²) in [5.74, 6) is 1.67. The van der Waals surface area contributed by atoms with Crippen LogP contribution >= 0.6 is 0 Å². The maximum absolute atomic E-state index is 15.2. The fraction of sp³-hybridized carbons (Fsp3) is 0.478. The predicted molar refractivity (Wildman–Crippen MR) is 123 cm³/mol. The highest BCUT2D eigenvalue weighted by Crippen LogP contribution is 2.34. The zero-order valence-electron chi connectivity index (χ0n) is 19.5. The van der Waals surface area contributed by atoms with Crippen molar-refractivity contribution < 1.29 is 13.9 Å². The summed E-state index contributed by atoms with van der Waals surface area (Å²) >= 11 is 0. The monoisotopic (exact) mass is 455 g/mol. The Morgan fingerprint density at radius 1 is 1.06 bits per heavy atom. The molecule has 176 valence electrons. The first-order valence-electron chi connectivity index (χ1n) is 11.1. The van der Waals surface area contributed by atoms with Crippen molar-refractivity contribution in [2.75, 3.05) is 45.3 Å². The Labute approximate surface area is 192 Å². The van der Waals surface area contributed by atoms with Crippen LogP contribution in [0.5, 0.6) is 11.5 Å². The topological polar surface area (TPSA) is 92.3 Å². The van der Waals surface area contributed by atoms with Gasteiger partial charge in [0.2, 0.25) is 5.82 Å². The number of rotatable bonds is 8. The SMILES string of the molecule is COc1cnc(CN2CCN(c3cc(CC(C)C)cc(F)c3-c3nn[nH]n3)CC2)cc1OC. The fourth-order valence-corrected chi connectivity index (χ4v) is 4.21. The third kappa shape index (κ3) is 5.22. The number of piperazine rings is 1. The Bertz CT molecular complexity index is 1070. The van der Waals surface area contributed by atoms with Crippen LogP contribution in [-0.2, 0) is 13.0 Å². The maximum Gasteiger partial charge on any atom is 0.209 e. The number of anilines is 1. The van der Waals surface area contributed by atoms with Gasteiger partial charge in [-0.3, -0.25) is 9.88 Å². The molecule has 0 atom stereocenters. The highest BCUT2D eigenvalue weighted by atomic mass is 19.1. The van der Waals surface area contributed by atoms with E-state index < -0.39 is 0 Å². The molecule has 2 aromatic heterocycles. The number of hydrogen-bond acceptors (Lipinski definition) is 8. The summed E-state index contributed by atoms with van der Waals surface area (Å²) in [4.78, 5) is 9.02. The van der Waals surface area contributed by atoms with E-state index in [0.717, 1.165) is 49.5 Å². The van der Waals surface area contributed by atoms with Crippen LogP contribution in [0.2, 0.25) is 0 Å². The van der Waals surface area contributed by atoms with Crippen molar-refractivity contribution in [3.8, 4) is 22.9 Å². The van der Waals surface area contributed by atoms with Gasteiger partial charge < -0.3 is 14.4 Å². The van der Waals surface area contributed by atoms with Crippen LogP contribution in [0.1, 0.15) is 25.1 Å². The van der Waals surface area contributed by atoms with Crippen molar-refractivity contribution in [2.45, 2.75) is 26.8 Å². The molecule has 1 saturated heterocycles. The van der Waals surface area contributed by atoms with Crippen LogP contribution in [0.25, 0.3) is 11.4 Å². The number of benzene rings is 1. The van der Waals surface area contributed by atoms with Gasteiger partial charge in [-0.2, -0.15) is 5.21 Å². The lowest BCUT2D eigenvalue weighted by molar-refractivity contribution is 0.246. The van der Waals surface area contributed by atoms with Crippen LogP contribution in [0, 0.1) is 11.7 Å². The first-order chi connectivity index (χ1) is 16.0. The Balaban J connectivity index is 1.51. The van der Waals surface area contributed by atoms with Gasteiger partial charge in [0.05, 0.1) is 37.4 Å². The third-order valence-electron chi connectivity index (χ3n) is 5.77. The predicted octanol–water partition coefficient (Wildman–Crippen LogP) is 2.94. The van der Waals surface area contributed by atoms with E-state index in [2.05, 4.69) is 55.3 Å². The van der Waals surface area contributed by atoms with Crippen molar-refractivity contribution in [3.63, 3.8) is 0 Å². The first kappa shape index (κ1) is 22.9. The van der Waals surface area contributed by atoms with Crippen LogP contribution in [0.15, 0.2) is 24.4 Å². The van der Waals surface area contributed by atoms with E-state index in [4.69, 9.17) is 9.47 Å². The minimum absolute atomic E-state index is 0.274. The van der Waals surface area contributed by atoms with Gasteiger partial charge in [0.1, 0.15) is 5.82 Å². The molecule has 10 heteroatoms. The lowest BCUT2D eigenvalue weighted by Gasteiger charge is -2.37. The van der Waals surface area contributed by atoms with Crippen LogP contribution in [0.4, 0.5) is 10.1 Å². The molecule has 1 fully saturated rings. The first-order valence-corrected chi connectivity index (χ1v) is 11.1. The Hall–Kier alpha value is -3.27. The molecular weight excluding hydrogens is 425 g/mol. The summed E-state index contributed by atoms with van der Waals surface area (Å²) in [5.41, 5.74) is 3.10. The van der Waals surface area contributed by atoms with E-state index in [1.54, 1.807) is 26.5 Å². The van der Waals surface area contributed by atoms with Gasteiger partial charge in [0, 0.05) is 38.8 Å². The maximum atomic E-state index is 15.2. The average Bonchev–Trinajstić information content (AvgIpc) is 3.33. The summed E-state index contributed by atoms with van der Waals surface area (Å²) in [7, 11) is 3.22. The highest BCUT2D eigenvalue weighted by Gasteiger charge is 2.25. The average molecular weight is 456 g/mol. The molecule has 3 heterocycles. The molecule has 9 nitrogen and oxygen atoms in total.